The van der Waals surface area contributed by atoms with Gasteiger partial charge in [-0.1, -0.05) is 35.6 Å². The number of nitrogens with one attached hydrogen (secondary N) is 2. The van der Waals surface area contributed by atoms with Gasteiger partial charge in [0, 0.05) is 24.9 Å². The van der Waals surface area contributed by atoms with Crippen molar-refractivity contribution in [2.75, 3.05) is 5.32 Å². The Morgan fingerprint density at radius 2 is 2.04 bits per heavy atom. The molecule has 1 saturated carbocycles. The third-order valence-electron chi connectivity index (χ3n) is 4.04. The summed E-state index contributed by atoms with van der Waals surface area (Å²) in [7, 11) is 0. The number of carbonyl (C=O) groups is 1. The van der Waals surface area contributed by atoms with Crippen LogP contribution in [0.3, 0.4) is 0 Å². The van der Waals surface area contributed by atoms with Gasteiger partial charge in [-0.2, -0.15) is 5.10 Å². The maximum Gasteiger partial charge on any atom is 0.321 e. The van der Waals surface area contributed by atoms with Gasteiger partial charge < -0.3 is 5.32 Å². The molecular formula is C17H18N6OS. The first-order valence-electron chi connectivity index (χ1n) is 8.20. The highest BCUT2D eigenvalue weighted by atomic mass is 32.1. The van der Waals surface area contributed by atoms with Gasteiger partial charge in [0.15, 0.2) is 0 Å². The summed E-state index contributed by atoms with van der Waals surface area (Å²) in [4.78, 5) is 12.1. The smallest absolute Gasteiger partial charge is 0.321 e. The number of nitrogens with zero attached hydrogens (tertiary/aromatic N) is 4. The van der Waals surface area contributed by atoms with Gasteiger partial charge in [0.2, 0.25) is 5.13 Å². The molecule has 1 aliphatic carbocycles. The van der Waals surface area contributed by atoms with Crippen molar-refractivity contribution in [1.29, 1.82) is 0 Å². The second-order valence-corrected chi connectivity index (χ2v) is 7.01. The topological polar surface area (TPSA) is 84.7 Å². The number of amides is 2. The van der Waals surface area contributed by atoms with Crippen LogP contribution in [0, 0.1) is 0 Å². The number of carbonyl (C=O) groups excluding carboxylic acids is 1. The van der Waals surface area contributed by atoms with E-state index < -0.39 is 0 Å². The van der Waals surface area contributed by atoms with Crippen LogP contribution in [0.1, 0.15) is 34.9 Å². The van der Waals surface area contributed by atoms with Crippen molar-refractivity contribution in [3.8, 4) is 0 Å². The summed E-state index contributed by atoms with van der Waals surface area (Å²) >= 11 is 1.45. The fourth-order valence-electron chi connectivity index (χ4n) is 2.55. The molecular weight excluding hydrogens is 336 g/mol. The number of anilines is 1. The van der Waals surface area contributed by atoms with Crippen molar-refractivity contribution in [1.82, 2.24) is 25.3 Å². The fraction of sp³-hybridized carbons (Fsp3) is 0.294. The lowest BCUT2D eigenvalue weighted by Gasteiger charge is -2.11. The van der Waals surface area contributed by atoms with Crippen LogP contribution in [0.15, 0.2) is 42.7 Å². The van der Waals surface area contributed by atoms with Gasteiger partial charge in [-0.3, -0.25) is 10.00 Å². The minimum Gasteiger partial charge on any atom is -0.334 e. The molecule has 1 aromatic carbocycles. The Morgan fingerprint density at radius 3 is 2.80 bits per heavy atom. The third-order valence-corrected chi connectivity index (χ3v) is 5.04. The van der Waals surface area contributed by atoms with Crippen LogP contribution in [0.4, 0.5) is 9.93 Å². The molecule has 3 aromatic rings. The molecule has 0 unspecified atom stereocenters. The van der Waals surface area contributed by atoms with Crippen LogP contribution >= 0.6 is 11.3 Å². The average Bonchev–Trinajstić information content (AvgIpc) is 3.14. The maximum absolute atomic E-state index is 12.1. The molecule has 0 spiro atoms. The monoisotopic (exact) mass is 354 g/mol. The largest absolute Gasteiger partial charge is 0.334 e. The summed E-state index contributed by atoms with van der Waals surface area (Å²) in [5.74, 6) is 0.547. The Labute approximate surface area is 149 Å². The van der Waals surface area contributed by atoms with Crippen molar-refractivity contribution >= 4 is 22.5 Å². The molecule has 7 nitrogen and oxygen atoms in total. The van der Waals surface area contributed by atoms with E-state index in [0.717, 1.165) is 16.1 Å². The SMILES string of the molecule is O=C(NCc1ccccc1Cn1cccn1)Nc1nnc(C2CC2)s1. The van der Waals surface area contributed by atoms with Crippen molar-refractivity contribution in [3.05, 3.63) is 58.9 Å². The van der Waals surface area contributed by atoms with E-state index in [1.807, 2.05) is 41.2 Å². The molecule has 0 atom stereocenters. The molecule has 0 bridgehead atoms. The first-order valence-corrected chi connectivity index (χ1v) is 9.02. The van der Waals surface area contributed by atoms with Crippen LogP contribution in [-0.2, 0) is 13.1 Å². The van der Waals surface area contributed by atoms with Gasteiger partial charge in [-0.25, -0.2) is 4.79 Å². The van der Waals surface area contributed by atoms with Crippen LogP contribution in [0.5, 0.6) is 0 Å². The molecule has 4 rings (SSSR count). The van der Waals surface area contributed by atoms with E-state index in [-0.39, 0.29) is 6.03 Å². The van der Waals surface area contributed by atoms with Crippen molar-refractivity contribution < 1.29 is 4.79 Å². The number of rotatable bonds is 6. The zero-order valence-corrected chi connectivity index (χ0v) is 14.4. The highest BCUT2D eigenvalue weighted by molar-refractivity contribution is 7.15. The molecule has 1 aliphatic rings. The van der Waals surface area contributed by atoms with Gasteiger partial charge in [0.1, 0.15) is 5.01 Å². The first kappa shape index (κ1) is 15.8. The van der Waals surface area contributed by atoms with Gasteiger partial charge in [-0.05, 0) is 30.0 Å². The predicted octanol–water partition coefficient (Wildman–Crippen LogP) is 2.98. The van der Waals surface area contributed by atoms with Gasteiger partial charge in [-0.15, -0.1) is 10.2 Å². The Kier molecular flexibility index (Phi) is 4.43. The fourth-order valence-corrected chi connectivity index (χ4v) is 3.46. The van der Waals surface area contributed by atoms with Crippen molar-refractivity contribution in [2.24, 2.45) is 0 Å². The molecule has 0 radical (unpaired) electrons. The van der Waals surface area contributed by atoms with Gasteiger partial charge >= 0.3 is 6.03 Å². The second-order valence-electron chi connectivity index (χ2n) is 6.00. The summed E-state index contributed by atoms with van der Waals surface area (Å²) in [5.41, 5.74) is 2.18. The van der Waals surface area contributed by atoms with Crippen molar-refractivity contribution in [2.45, 2.75) is 31.8 Å². The number of hydrogen-bond acceptors (Lipinski definition) is 5. The molecule has 2 amide bonds. The molecule has 0 saturated heterocycles. The van der Waals surface area contributed by atoms with E-state index in [4.69, 9.17) is 0 Å². The molecule has 2 heterocycles. The second kappa shape index (κ2) is 7.02. The predicted molar refractivity (Wildman–Crippen MR) is 95.5 cm³/mol. The number of benzene rings is 1. The lowest BCUT2D eigenvalue weighted by Crippen LogP contribution is -2.28. The van der Waals surface area contributed by atoms with E-state index in [2.05, 4.69) is 25.9 Å². The third kappa shape index (κ3) is 4.03. The molecule has 2 aromatic heterocycles. The van der Waals surface area contributed by atoms with Crippen molar-refractivity contribution in [3.63, 3.8) is 0 Å². The average molecular weight is 354 g/mol. The number of urea groups is 1. The lowest BCUT2D eigenvalue weighted by molar-refractivity contribution is 0.251. The lowest BCUT2D eigenvalue weighted by atomic mass is 10.1. The van der Waals surface area contributed by atoms with E-state index in [1.165, 1.54) is 24.2 Å². The quantitative estimate of drug-likeness (QED) is 0.713. The Bertz CT molecular complexity index is 856. The highest BCUT2D eigenvalue weighted by Gasteiger charge is 2.27. The molecule has 0 aliphatic heterocycles. The normalized spacial score (nSPS) is 13.6. The van der Waals surface area contributed by atoms with Gasteiger partial charge in [0.05, 0.1) is 6.54 Å². The van der Waals surface area contributed by atoms with Crippen LogP contribution in [0.2, 0.25) is 0 Å². The minimum atomic E-state index is -0.271. The molecule has 2 N–H and O–H groups in total. The maximum atomic E-state index is 12.1. The zero-order chi connectivity index (χ0) is 17.1. The van der Waals surface area contributed by atoms with Gasteiger partial charge in [0.25, 0.3) is 0 Å². The first-order chi connectivity index (χ1) is 12.3. The standard InChI is InChI=1S/C17H18N6OS/c24-16(20-17-22-21-15(25-17)12-6-7-12)18-10-13-4-1-2-5-14(13)11-23-9-3-8-19-23/h1-5,8-9,12H,6-7,10-11H2,(H2,18,20,22,24). The summed E-state index contributed by atoms with van der Waals surface area (Å²) in [6.07, 6.45) is 6.03. The zero-order valence-electron chi connectivity index (χ0n) is 13.6. The molecule has 8 heteroatoms. The Balaban J connectivity index is 1.34. The van der Waals surface area contributed by atoms with Crippen LogP contribution in [-0.4, -0.2) is 26.0 Å². The summed E-state index contributed by atoms with van der Waals surface area (Å²) < 4.78 is 1.86. The Hall–Kier alpha value is -2.74. The van der Waals surface area contributed by atoms with Crippen LogP contribution in [0.25, 0.3) is 0 Å². The Morgan fingerprint density at radius 1 is 1.20 bits per heavy atom. The van der Waals surface area contributed by atoms with Crippen LogP contribution < -0.4 is 10.6 Å². The van der Waals surface area contributed by atoms with E-state index in [0.29, 0.717) is 24.1 Å². The molecule has 25 heavy (non-hydrogen) atoms. The molecule has 128 valence electrons. The summed E-state index contributed by atoms with van der Waals surface area (Å²) in [6.45, 7) is 1.12. The number of hydrogen-bond donors (Lipinski definition) is 2. The number of aromatic nitrogens is 4. The summed E-state index contributed by atoms with van der Waals surface area (Å²) in [6, 6.07) is 9.63. The minimum absolute atomic E-state index is 0.271. The molecule has 1 fully saturated rings. The van der Waals surface area contributed by atoms with E-state index in [9.17, 15) is 4.79 Å². The van der Waals surface area contributed by atoms with E-state index >= 15 is 0 Å². The van der Waals surface area contributed by atoms with E-state index in [1.54, 1.807) is 6.20 Å². The summed E-state index contributed by atoms with van der Waals surface area (Å²) in [5, 5.41) is 19.6. The highest BCUT2D eigenvalue weighted by Crippen LogP contribution is 2.41.